The molecule has 1 saturated heterocycles. The Morgan fingerprint density at radius 1 is 1.31 bits per heavy atom. The van der Waals surface area contributed by atoms with E-state index in [2.05, 4.69) is 4.90 Å². The van der Waals surface area contributed by atoms with Gasteiger partial charge in [-0.05, 0) is 25.7 Å². The number of hydrogen-bond donors (Lipinski definition) is 0. The molecule has 3 heteroatoms. The van der Waals surface area contributed by atoms with E-state index in [9.17, 15) is 0 Å². The van der Waals surface area contributed by atoms with Crippen LogP contribution in [0.1, 0.15) is 25.7 Å². The van der Waals surface area contributed by atoms with Crippen LogP contribution in [0.5, 0.6) is 0 Å². The van der Waals surface area contributed by atoms with Crippen molar-refractivity contribution < 1.29 is 4.74 Å². The summed E-state index contributed by atoms with van der Waals surface area (Å²) < 4.78 is 5.62. The molecule has 2 nitrogen and oxygen atoms in total. The second kappa shape index (κ2) is 4.63. The minimum Gasteiger partial charge on any atom is -0.377 e. The zero-order valence-electron chi connectivity index (χ0n) is 8.04. The molecule has 0 aromatic carbocycles. The fourth-order valence-electron chi connectivity index (χ4n) is 2.02. The summed E-state index contributed by atoms with van der Waals surface area (Å²) in [5.41, 5.74) is 0. The van der Waals surface area contributed by atoms with Crippen LogP contribution in [0.15, 0.2) is 0 Å². The van der Waals surface area contributed by atoms with Crippen molar-refractivity contribution in [3.8, 4) is 0 Å². The van der Waals surface area contributed by atoms with E-state index in [1.807, 2.05) is 0 Å². The van der Waals surface area contributed by atoms with Gasteiger partial charge in [0.1, 0.15) is 0 Å². The zero-order valence-corrected chi connectivity index (χ0v) is 8.80. The summed E-state index contributed by atoms with van der Waals surface area (Å²) in [4.78, 5) is 2.50. The molecule has 2 rings (SSSR count). The fraction of sp³-hybridized carbons (Fsp3) is 1.00. The average Bonchev–Trinajstić information content (AvgIpc) is 2.85. The first-order chi connectivity index (χ1) is 6.40. The van der Waals surface area contributed by atoms with Crippen molar-refractivity contribution in [1.82, 2.24) is 4.90 Å². The lowest BCUT2D eigenvalue weighted by atomic mass is 10.2. The van der Waals surface area contributed by atoms with Crippen LogP contribution in [0.3, 0.4) is 0 Å². The van der Waals surface area contributed by atoms with E-state index in [1.54, 1.807) is 0 Å². The molecular weight excluding hydrogens is 186 g/mol. The van der Waals surface area contributed by atoms with Gasteiger partial charge in [0.2, 0.25) is 0 Å². The van der Waals surface area contributed by atoms with Gasteiger partial charge in [0.05, 0.1) is 6.10 Å². The molecule has 0 aromatic heterocycles. The van der Waals surface area contributed by atoms with Gasteiger partial charge in [-0.3, -0.25) is 4.90 Å². The number of rotatable bonds is 5. The lowest BCUT2D eigenvalue weighted by Gasteiger charge is -2.23. The van der Waals surface area contributed by atoms with Crippen molar-refractivity contribution in [1.29, 1.82) is 0 Å². The summed E-state index contributed by atoms with van der Waals surface area (Å²) >= 11 is 5.77. The second-order valence-electron chi connectivity index (χ2n) is 4.05. The van der Waals surface area contributed by atoms with Crippen LogP contribution in [0.4, 0.5) is 0 Å². The van der Waals surface area contributed by atoms with Gasteiger partial charge in [-0.1, -0.05) is 0 Å². The van der Waals surface area contributed by atoms with E-state index in [0.29, 0.717) is 6.10 Å². The fourth-order valence-corrected chi connectivity index (χ4v) is 2.24. The van der Waals surface area contributed by atoms with Crippen LogP contribution >= 0.6 is 11.6 Å². The lowest BCUT2D eigenvalue weighted by Crippen LogP contribution is -2.35. The number of nitrogens with zero attached hydrogens (tertiary/aromatic N) is 1. The molecule has 0 aromatic rings. The van der Waals surface area contributed by atoms with E-state index in [0.717, 1.165) is 31.6 Å². The minimum atomic E-state index is 0.490. The standard InChI is InChI=1S/C10H18ClNO/c11-5-6-12(9-3-4-9)8-10-2-1-7-13-10/h9-10H,1-8H2. The van der Waals surface area contributed by atoms with E-state index in [1.165, 1.54) is 25.7 Å². The Hall–Kier alpha value is 0.210. The van der Waals surface area contributed by atoms with Crippen molar-refractivity contribution >= 4 is 11.6 Å². The van der Waals surface area contributed by atoms with E-state index in [-0.39, 0.29) is 0 Å². The van der Waals surface area contributed by atoms with Gasteiger partial charge in [-0.25, -0.2) is 0 Å². The maximum Gasteiger partial charge on any atom is 0.0702 e. The molecule has 1 heterocycles. The van der Waals surface area contributed by atoms with Gasteiger partial charge < -0.3 is 4.74 Å². The number of hydrogen-bond acceptors (Lipinski definition) is 2. The molecule has 1 aliphatic carbocycles. The highest BCUT2D eigenvalue weighted by atomic mass is 35.5. The molecule has 0 radical (unpaired) electrons. The summed E-state index contributed by atoms with van der Waals surface area (Å²) in [5.74, 6) is 0.753. The second-order valence-corrected chi connectivity index (χ2v) is 4.43. The number of alkyl halides is 1. The first-order valence-corrected chi connectivity index (χ1v) is 5.85. The first-order valence-electron chi connectivity index (χ1n) is 5.32. The van der Waals surface area contributed by atoms with Crippen LogP contribution < -0.4 is 0 Å². The average molecular weight is 204 g/mol. The Labute approximate surface area is 85.2 Å². The molecule has 76 valence electrons. The summed E-state index contributed by atoms with van der Waals surface area (Å²) in [6.07, 6.45) is 5.70. The Morgan fingerprint density at radius 2 is 2.15 bits per heavy atom. The van der Waals surface area contributed by atoms with Crippen LogP contribution in [0.2, 0.25) is 0 Å². The Kier molecular flexibility index (Phi) is 3.47. The Bertz CT molecular complexity index is 155. The van der Waals surface area contributed by atoms with Crippen LogP contribution in [0, 0.1) is 0 Å². The summed E-state index contributed by atoms with van der Waals surface area (Å²) in [6, 6.07) is 0.822. The molecule has 0 amide bonds. The topological polar surface area (TPSA) is 12.5 Å². The highest BCUT2D eigenvalue weighted by molar-refractivity contribution is 6.18. The predicted molar refractivity (Wildman–Crippen MR) is 54.3 cm³/mol. The van der Waals surface area contributed by atoms with Crippen molar-refractivity contribution in [3.05, 3.63) is 0 Å². The first kappa shape index (κ1) is 9.75. The summed E-state index contributed by atoms with van der Waals surface area (Å²) in [5, 5.41) is 0. The lowest BCUT2D eigenvalue weighted by molar-refractivity contribution is 0.0725. The molecule has 0 N–H and O–H groups in total. The molecule has 1 atom stereocenters. The Balaban J connectivity index is 1.74. The molecular formula is C10H18ClNO. The number of ether oxygens (including phenoxy) is 1. The van der Waals surface area contributed by atoms with Crippen LogP contribution in [-0.2, 0) is 4.74 Å². The monoisotopic (exact) mass is 203 g/mol. The quantitative estimate of drug-likeness (QED) is 0.633. The highest BCUT2D eigenvalue weighted by Crippen LogP contribution is 2.28. The molecule has 1 unspecified atom stereocenters. The van der Waals surface area contributed by atoms with Gasteiger partial charge >= 0.3 is 0 Å². The molecule has 2 fully saturated rings. The third-order valence-electron chi connectivity index (χ3n) is 2.90. The normalized spacial score (nSPS) is 28.6. The summed E-state index contributed by atoms with van der Waals surface area (Å²) in [7, 11) is 0. The smallest absolute Gasteiger partial charge is 0.0702 e. The molecule has 0 spiro atoms. The molecule has 1 aliphatic heterocycles. The van der Waals surface area contributed by atoms with Gasteiger partial charge in [-0.2, -0.15) is 0 Å². The van der Waals surface area contributed by atoms with E-state index < -0.39 is 0 Å². The molecule has 2 aliphatic rings. The SMILES string of the molecule is ClCCN(CC1CCCO1)C1CC1. The minimum absolute atomic E-state index is 0.490. The predicted octanol–water partition coefficient (Wildman–Crippen LogP) is 1.87. The molecule has 0 bridgehead atoms. The van der Waals surface area contributed by atoms with Gasteiger partial charge in [0, 0.05) is 31.6 Å². The van der Waals surface area contributed by atoms with Gasteiger partial charge in [0.15, 0.2) is 0 Å². The third-order valence-corrected chi connectivity index (χ3v) is 3.07. The maximum absolute atomic E-state index is 5.77. The third kappa shape index (κ3) is 2.83. The highest BCUT2D eigenvalue weighted by Gasteiger charge is 2.30. The van der Waals surface area contributed by atoms with Crippen LogP contribution in [-0.4, -0.2) is 42.6 Å². The maximum atomic E-state index is 5.77. The van der Waals surface area contributed by atoms with E-state index in [4.69, 9.17) is 16.3 Å². The van der Waals surface area contributed by atoms with Gasteiger partial charge in [0.25, 0.3) is 0 Å². The molecule has 1 saturated carbocycles. The van der Waals surface area contributed by atoms with Crippen LogP contribution in [0.25, 0.3) is 0 Å². The summed E-state index contributed by atoms with van der Waals surface area (Å²) in [6.45, 7) is 3.10. The van der Waals surface area contributed by atoms with Crippen molar-refractivity contribution in [3.63, 3.8) is 0 Å². The molecule has 13 heavy (non-hydrogen) atoms. The van der Waals surface area contributed by atoms with E-state index >= 15 is 0 Å². The van der Waals surface area contributed by atoms with Gasteiger partial charge in [-0.15, -0.1) is 11.6 Å². The van der Waals surface area contributed by atoms with Crippen molar-refractivity contribution in [2.24, 2.45) is 0 Å². The Morgan fingerprint density at radius 3 is 2.69 bits per heavy atom. The largest absolute Gasteiger partial charge is 0.377 e. The van der Waals surface area contributed by atoms with Crippen molar-refractivity contribution in [2.75, 3.05) is 25.6 Å². The van der Waals surface area contributed by atoms with Crippen molar-refractivity contribution in [2.45, 2.75) is 37.8 Å². The zero-order chi connectivity index (χ0) is 9.10. The number of halogens is 1.